The Morgan fingerprint density at radius 1 is 1.24 bits per heavy atom. The van der Waals surface area contributed by atoms with Crippen LogP contribution in [-0.4, -0.2) is 29.5 Å². The highest BCUT2D eigenvalue weighted by molar-refractivity contribution is 7.09. The highest BCUT2D eigenvalue weighted by atomic mass is 32.1. The molecule has 108 valence electrons. The minimum absolute atomic E-state index is 0.270. The Morgan fingerprint density at radius 2 is 2.10 bits per heavy atom. The number of aromatic nitrogens is 6. The lowest BCUT2D eigenvalue weighted by atomic mass is 10.6. The number of anilines is 2. The van der Waals surface area contributed by atoms with Gasteiger partial charge in [-0.3, -0.25) is 9.99 Å². The Bertz CT molecular complexity index is 721. The molecule has 0 amide bonds. The van der Waals surface area contributed by atoms with Crippen molar-refractivity contribution < 1.29 is 0 Å². The number of nitrogens with zero attached hydrogens (tertiary/aromatic N) is 6. The Kier molecular flexibility index (Phi) is 3.71. The first-order chi connectivity index (χ1) is 10.2. The molecule has 21 heavy (non-hydrogen) atoms. The van der Waals surface area contributed by atoms with Crippen LogP contribution in [0.3, 0.4) is 0 Å². The van der Waals surface area contributed by atoms with Crippen LogP contribution in [0.1, 0.15) is 10.7 Å². The zero-order valence-corrected chi connectivity index (χ0v) is 12.0. The van der Waals surface area contributed by atoms with Gasteiger partial charge in [-0.15, -0.1) is 11.3 Å². The molecule has 0 aliphatic rings. The average molecular weight is 303 g/mol. The Morgan fingerprint density at radius 3 is 2.76 bits per heavy atom. The summed E-state index contributed by atoms with van der Waals surface area (Å²) in [4.78, 5) is 21.0. The molecule has 0 aliphatic carbocycles. The number of rotatable bonds is 5. The third kappa shape index (κ3) is 3.12. The summed E-state index contributed by atoms with van der Waals surface area (Å²) in [6, 6.07) is 0. The number of nitrogen functional groups attached to an aromatic ring is 1. The first-order valence-electron chi connectivity index (χ1n) is 6.10. The van der Waals surface area contributed by atoms with Crippen molar-refractivity contribution in [3.8, 4) is 5.95 Å². The first-order valence-corrected chi connectivity index (χ1v) is 6.98. The fourth-order valence-electron chi connectivity index (χ4n) is 1.64. The number of hydrogen-bond donors (Lipinski definition) is 3. The molecule has 3 aromatic rings. The highest BCUT2D eigenvalue weighted by Gasteiger charge is 2.08. The molecule has 0 spiro atoms. The lowest BCUT2D eigenvalue weighted by Crippen LogP contribution is -2.15. The van der Waals surface area contributed by atoms with Gasteiger partial charge in [0.05, 0.1) is 6.54 Å². The van der Waals surface area contributed by atoms with E-state index in [0.29, 0.717) is 18.4 Å². The van der Waals surface area contributed by atoms with E-state index in [1.54, 1.807) is 34.6 Å². The molecule has 9 nitrogen and oxygen atoms in total. The number of aryl methyl sites for hydroxylation is 1. The molecule has 0 unspecified atom stereocenters. The summed E-state index contributed by atoms with van der Waals surface area (Å²) in [5, 5.41) is 6.06. The Hall–Kier alpha value is -2.59. The van der Waals surface area contributed by atoms with Gasteiger partial charge in [0.1, 0.15) is 11.3 Å². The highest BCUT2D eigenvalue weighted by Crippen LogP contribution is 2.12. The van der Waals surface area contributed by atoms with E-state index in [1.807, 2.05) is 12.3 Å². The van der Waals surface area contributed by atoms with E-state index in [4.69, 9.17) is 5.84 Å². The van der Waals surface area contributed by atoms with Crippen molar-refractivity contribution in [2.45, 2.75) is 13.5 Å². The molecule has 3 aromatic heterocycles. The molecule has 0 saturated heterocycles. The van der Waals surface area contributed by atoms with E-state index in [1.165, 1.54) is 0 Å². The SMILES string of the molecule is Cc1csc(CNc2nc(NN)nc(-n3ccnc3)n2)n1. The van der Waals surface area contributed by atoms with E-state index < -0.39 is 0 Å². The second kappa shape index (κ2) is 5.81. The van der Waals surface area contributed by atoms with Crippen LogP contribution in [0, 0.1) is 6.92 Å². The fraction of sp³-hybridized carbons (Fsp3) is 0.182. The second-order valence-electron chi connectivity index (χ2n) is 4.13. The summed E-state index contributed by atoms with van der Waals surface area (Å²) >= 11 is 1.58. The smallest absolute Gasteiger partial charge is 0.243 e. The molecule has 0 aromatic carbocycles. The predicted molar refractivity (Wildman–Crippen MR) is 78.9 cm³/mol. The zero-order chi connectivity index (χ0) is 14.7. The van der Waals surface area contributed by atoms with Crippen LogP contribution in [0.4, 0.5) is 11.9 Å². The molecule has 4 N–H and O–H groups in total. The van der Waals surface area contributed by atoms with E-state index in [-0.39, 0.29) is 5.95 Å². The molecule has 3 rings (SSSR count). The van der Waals surface area contributed by atoms with Crippen molar-refractivity contribution in [2.24, 2.45) is 5.84 Å². The van der Waals surface area contributed by atoms with Crippen LogP contribution >= 0.6 is 11.3 Å². The maximum atomic E-state index is 5.39. The van der Waals surface area contributed by atoms with Gasteiger partial charge < -0.3 is 5.32 Å². The maximum Gasteiger partial charge on any atom is 0.243 e. The lowest BCUT2D eigenvalue weighted by Gasteiger charge is -2.07. The van der Waals surface area contributed by atoms with Crippen molar-refractivity contribution in [2.75, 3.05) is 10.7 Å². The van der Waals surface area contributed by atoms with Gasteiger partial charge in [-0.25, -0.2) is 15.8 Å². The standard InChI is InChI=1S/C11H13N9S/c1-7-5-21-8(15-7)4-14-9-16-10(19-12)18-11(17-9)20-3-2-13-6-20/h2-3,5-6H,4,12H2,1H3,(H2,14,16,17,18,19). The summed E-state index contributed by atoms with van der Waals surface area (Å²) in [7, 11) is 0. The van der Waals surface area contributed by atoms with Gasteiger partial charge in [0.25, 0.3) is 0 Å². The van der Waals surface area contributed by atoms with Gasteiger partial charge in [-0.1, -0.05) is 0 Å². The second-order valence-corrected chi connectivity index (χ2v) is 5.08. The molecule has 10 heteroatoms. The molecule has 0 bridgehead atoms. The van der Waals surface area contributed by atoms with E-state index in [9.17, 15) is 0 Å². The zero-order valence-electron chi connectivity index (χ0n) is 11.2. The van der Waals surface area contributed by atoms with E-state index >= 15 is 0 Å². The summed E-state index contributed by atoms with van der Waals surface area (Å²) in [6.45, 7) is 2.49. The Labute approximate surface area is 124 Å². The van der Waals surface area contributed by atoms with Crippen LogP contribution < -0.4 is 16.6 Å². The number of hydrazine groups is 1. The molecule has 3 heterocycles. The van der Waals surface area contributed by atoms with Crippen molar-refractivity contribution in [1.82, 2.24) is 29.5 Å². The molecule has 0 atom stereocenters. The van der Waals surface area contributed by atoms with E-state index in [2.05, 4.69) is 35.7 Å². The molecule has 0 fully saturated rings. The van der Waals surface area contributed by atoms with Gasteiger partial charge in [0, 0.05) is 23.5 Å². The van der Waals surface area contributed by atoms with Crippen LogP contribution in [0.5, 0.6) is 0 Å². The number of nitrogens with one attached hydrogen (secondary N) is 2. The molecule has 0 saturated carbocycles. The van der Waals surface area contributed by atoms with Crippen molar-refractivity contribution in [3.05, 3.63) is 34.8 Å². The topological polar surface area (TPSA) is 119 Å². The van der Waals surface area contributed by atoms with Gasteiger partial charge in [0.15, 0.2) is 0 Å². The van der Waals surface area contributed by atoms with Crippen molar-refractivity contribution in [3.63, 3.8) is 0 Å². The third-order valence-corrected chi connectivity index (χ3v) is 3.52. The molecular weight excluding hydrogens is 290 g/mol. The van der Waals surface area contributed by atoms with Gasteiger partial charge in [-0.05, 0) is 6.92 Å². The number of imidazole rings is 1. The fourth-order valence-corrected chi connectivity index (χ4v) is 2.35. The van der Waals surface area contributed by atoms with Crippen LogP contribution in [0.2, 0.25) is 0 Å². The summed E-state index contributed by atoms with van der Waals surface area (Å²) in [5.74, 6) is 6.49. The Balaban J connectivity index is 1.82. The molecular formula is C11H13N9S. The van der Waals surface area contributed by atoms with Gasteiger partial charge in [0.2, 0.25) is 17.8 Å². The average Bonchev–Trinajstić information content (AvgIpc) is 3.16. The largest absolute Gasteiger partial charge is 0.348 e. The van der Waals surface area contributed by atoms with Crippen molar-refractivity contribution >= 4 is 23.2 Å². The summed E-state index contributed by atoms with van der Waals surface area (Å²) in [6.07, 6.45) is 4.98. The van der Waals surface area contributed by atoms with Gasteiger partial charge in [-0.2, -0.15) is 15.0 Å². The van der Waals surface area contributed by atoms with Crippen molar-refractivity contribution in [1.29, 1.82) is 0 Å². The monoisotopic (exact) mass is 303 g/mol. The minimum atomic E-state index is 0.270. The number of thiazole rings is 1. The predicted octanol–water partition coefficient (Wildman–Crippen LogP) is 0.720. The molecule has 0 aliphatic heterocycles. The third-order valence-electron chi connectivity index (χ3n) is 2.55. The summed E-state index contributed by atoms with van der Waals surface area (Å²) in [5.41, 5.74) is 3.42. The molecule has 0 radical (unpaired) electrons. The van der Waals surface area contributed by atoms with Gasteiger partial charge >= 0.3 is 0 Å². The quantitative estimate of drug-likeness (QED) is 0.466. The number of hydrogen-bond acceptors (Lipinski definition) is 9. The number of nitrogens with two attached hydrogens (primary N) is 1. The minimum Gasteiger partial charge on any atom is -0.348 e. The van der Waals surface area contributed by atoms with Crippen LogP contribution in [0.15, 0.2) is 24.1 Å². The normalized spacial score (nSPS) is 10.6. The van der Waals surface area contributed by atoms with Crippen LogP contribution in [-0.2, 0) is 6.54 Å². The van der Waals surface area contributed by atoms with E-state index in [0.717, 1.165) is 10.7 Å². The van der Waals surface area contributed by atoms with Crippen LogP contribution in [0.25, 0.3) is 5.95 Å². The maximum absolute atomic E-state index is 5.39. The first kappa shape index (κ1) is 13.4. The summed E-state index contributed by atoms with van der Waals surface area (Å²) < 4.78 is 1.67. The lowest BCUT2D eigenvalue weighted by molar-refractivity contribution is 0.886.